The summed E-state index contributed by atoms with van der Waals surface area (Å²) in [5.74, 6) is 0. The molecule has 0 aromatic heterocycles. The second kappa shape index (κ2) is 7.58. The monoisotopic (exact) mass is 137 g/mol. The van der Waals surface area contributed by atoms with Crippen LogP contribution in [0.15, 0.2) is 0 Å². The average molecular weight is 137 g/mol. The molecular weight excluding hydrogens is 121 g/mol. The summed E-state index contributed by atoms with van der Waals surface area (Å²) in [6, 6.07) is 0. The molecule has 0 radical (unpaired) electrons. The molecule has 0 amide bonds. The maximum Gasteiger partial charge on any atom is 1.00 e. The fraction of sp³-hybridized carbons (Fsp3) is 1.00. The minimum Gasteiger partial charge on any atom is -0.637 e. The van der Waals surface area contributed by atoms with Crippen molar-refractivity contribution in [3.05, 3.63) is 5.32 Å². The number of nitrogens with zero attached hydrogens (tertiary/aromatic N) is 3. The van der Waals surface area contributed by atoms with Crippen LogP contribution in [0.25, 0.3) is 5.32 Å². The topological polar surface area (TPSA) is 20.6 Å². The van der Waals surface area contributed by atoms with Gasteiger partial charge in [0.1, 0.15) is 0 Å². The molecule has 0 aromatic carbocycles. The molecule has 0 aromatic rings. The number of rotatable bonds is 4. The summed E-state index contributed by atoms with van der Waals surface area (Å²) in [7, 11) is 8.05. The van der Waals surface area contributed by atoms with Crippen molar-refractivity contribution in [1.82, 2.24) is 9.80 Å². The third kappa shape index (κ3) is 11.3. The van der Waals surface area contributed by atoms with Crippen molar-refractivity contribution in [2.24, 2.45) is 0 Å². The second-order valence-corrected chi connectivity index (χ2v) is 2.67. The van der Waals surface area contributed by atoms with Crippen molar-refractivity contribution in [3.8, 4) is 0 Å². The van der Waals surface area contributed by atoms with E-state index in [2.05, 4.69) is 5.32 Å². The Morgan fingerprint density at radius 3 is 1.40 bits per heavy atom. The molecule has 0 heterocycles. The van der Waals surface area contributed by atoms with Crippen LogP contribution >= 0.6 is 0 Å². The van der Waals surface area contributed by atoms with E-state index in [9.17, 15) is 0 Å². The summed E-state index contributed by atoms with van der Waals surface area (Å²) < 4.78 is 0. The van der Waals surface area contributed by atoms with Crippen molar-refractivity contribution in [1.29, 1.82) is 0 Å². The molecule has 0 rings (SSSR count). The molecule has 0 fully saturated rings. The molecule has 0 unspecified atom stereocenters. The predicted octanol–water partition coefficient (Wildman–Crippen LogP) is -2.60. The van der Waals surface area contributed by atoms with Gasteiger partial charge in [0, 0.05) is 0 Å². The van der Waals surface area contributed by atoms with E-state index in [1.165, 1.54) is 0 Å². The normalized spacial score (nSPS) is 10.2. The standard InChI is InChI=1S/C6H16N3.Li/c1-8(2)5-7-6-9(3)4;/h5-6H2,1-4H3;/q-1;+1. The van der Waals surface area contributed by atoms with E-state index in [0.29, 0.717) is 0 Å². The maximum absolute atomic E-state index is 4.22. The van der Waals surface area contributed by atoms with Gasteiger partial charge in [0.2, 0.25) is 0 Å². The summed E-state index contributed by atoms with van der Waals surface area (Å²) in [5, 5.41) is 4.22. The molecule has 0 bridgehead atoms. The van der Waals surface area contributed by atoms with Crippen molar-refractivity contribution in [2.45, 2.75) is 0 Å². The van der Waals surface area contributed by atoms with Gasteiger partial charge in [0.15, 0.2) is 0 Å². The third-order valence-electron chi connectivity index (χ3n) is 0.766. The van der Waals surface area contributed by atoms with Gasteiger partial charge in [-0.25, -0.2) is 0 Å². The van der Waals surface area contributed by atoms with E-state index in [1.54, 1.807) is 0 Å². The maximum atomic E-state index is 4.22. The average Bonchev–Trinajstić information content (AvgIpc) is 1.63. The Kier molecular flexibility index (Phi) is 9.93. The molecule has 0 aliphatic carbocycles. The van der Waals surface area contributed by atoms with Crippen LogP contribution in [-0.4, -0.2) is 51.3 Å². The van der Waals surface area contributed by atoms with Crippen LogP contribution in [-0.2, 0) is 0 Å². The first-order valence-corrected chi connectivity index (χ1v) is 3.05. The predicted molar refractivity (Wildman–Crippen MR) is 40.5 cm³/mol. The summed E-state index contributed by atoms with van der Waals surface area (Å²) >= 11 is 0. The molecule has 10 heavy (non-hydrogen) atoms. The Morgan fingerprint density at radius 2 is 1.20 bits per heavy atom. The van der Waals surface area contributed by atoms with E-state index in [4.69, 9.17) is 0 Å². The zero-order valence-corrected chi connectivity index (χ0v) is 7.76. The fourth-order valence-corrected chi connectivity index (χ4v) is 0.445. The molecule has 0 atom stereocenters. The van der Waals surface area contributed by atoms with Crippen LogP contribution in [0.4, 0.5) is 0 Å². The Bertz CT molecular complexity index is 58.0. The van der Waals surface area contributed by atoms with Crippen LogP contribution in [0, 0.1) is 0 Å². The van der Waals surface area contributed by atoms with Crippen LogP contribution in [0.3, 0.4) is 0 Å². The van der Waals surface area contributed by atoms with Gasteiger partial charge in [0.25, 0.3) is 0 Å². The van der Waals surface area contributed by atoms with Gasteiger partial charge in [-0.1, -0.05) is 13.3 Å². The number of hydrogen-bond donors (Lipinski definition) is 0. The molecular formula is C6H16LiN3. The smallest absolute Gasteiger partial charge is 0.637 e. The van der Waals surface area contributed by atoms with Gasteiger partial charge in [-0.3, -0.25) is 0 Å². The van der Waals surface area contributed by atoms with E-state index < -0.39 is 0 Å². The molecule has 3 nitrogen and oxygen atoms in total. The van der Waals surface area contributed by atoms with Gasteiger partial charge < -0.3 is 15.1 Å². The Morgan fingerprint density at radius 1 is 0.900 bits per heavy atom. The minimum absolute atomic E-state index is 0. The number of hydrogen-bond acceptors (Lipinski definition) is 2. The summed E-state index contributed by atoms with van der Waals surface area (Å²) in [5.41, 5.74) is 0. The summed E-state index contributed by atoms with van der Waals surface area (Å²) in [6.07, 6.45) is 0. The Hall–Kier alpha value is 0.477. The van der Waals surface area contributed by atoms with Gasteiger partial charge in [0.05, 0.1) is 0 Å². The van der Waals surface area contributed by atoms with E-state index in [0.717, 1.165) is 13.3 Å². The second-order valence-electron chi connectivity index (χ2n) is 2.67. The van der Waals surface area contributed by atoms with Crippen molar-refractivity contribution in [2.75, 3.05) is 41.5 Å². The molecule has 4 heteroatoms. The SMILES string of the molecule is CN(C)C[N-]CN(C)C.[Li+]. The molecule has 0 N–H and O–H groups in total. The largest absolute Gasteiger partial charge is 1.00 e. The van der Waals surface area contributed by atoms with Crippen LogP contribution < -0.4 is 18.9 Å². The zero-order valence-electron chi connectivity index (χ0n) is 7.76. The third-order valence-corrected chi connectivity index (χ3v) is 0.766. The molecule has 0 spiro atoms. The quantitative estimate of drug-likeness (QED) is 0.396. The van der Waals surface area contributed by atoms with Crippen molar-refractivity contribution >= 4 is 0 Å². The van der Waals surface area contributed by atoms with E-state index >= 15 is 0 Å². The fourth-order valence-electron chi connectivity index (χ4n) is 0.445. The molecule has 0 saturated heterocycles. The first-order valence-electron chi connectivity index (χ1n) is 3.05. The van der Waals surface area contributed by atoms with Gasteiger partial charge in [-0.2, -0.15) is 0 Å². The first-order chi connectivity index (χ1) is 4.13. The Balaban J connectivity index is 0. The van der Waals surface area contributed by atoms with E-state index in [-0.39, 0.29) is 18.9 Å². The zero-order chi connectivity index (χ0) is 7.28. The molecule has 0 aliphatic rings. The van der Waals surface area contributed by atoms with Crippen LogP contribution in [0.2, 0.25) is 0 Å². The molecule has 0 saturated carbocycles. The van der Waals surface area contributed by atoms with Crippen molar-refractivity contribution < 1.29 is 18.9 Å². The first kappa shape index (κ1) is 13.1. The Labute approximate surface area is 75.9 Å². The summed E-state index contributed by atoms with van der Waals surface area (Å²) in [4.78, 5) is 4.09. The van der Waals surface area contributed by atoms with Crippen LogP contribution in [0.1, 0.15) is 0 Å². The minimum atomic E-state index is 0. The van der Waals surface area contributed by atoms with Gasteiger partial charge in [-0.15, -0.1) is 0 Å². The van der Waals surface area contributed by atoms with Crippen LogP contribution in [0.5, 0.6) is 0 Å². The van der Waals surface area contributed by atoms with E-state index in [1.807, 2.05) is 38.0 Å². The molecule has 0 aliphatic heterocycles. The molecule has 56 valence electrons. The van der Waals surface area contributed by atoms with Gasteiger partial charge >= 0.3 is 18.9 Å². The van der Waals surface area contributed by atoms with Crippen molar-refractivity contribution in [3.63, 3.8) is 0 Å². The summed E-state index contributed by atoms with van der Waals surface area (Å²) in [6.45, 7) is 1.64. The van der Waals surface area contributed by atoms with Gasteiger partial charge in [-0.05, 0) is 28.2 Å².